The van der Waals surface area contributed by atoms with E-state index in [1.54, 1.807) is 16.8 Å². The van der Waals surface area contributed by atoms with E-state index in [1.165, 1.54) is 5.56 Å². The van der Waals surface area contributed by atoms with Crippen LogP contribution in [0.2, 0.25) is 0 Å². The zero-order valence-electron chi connectivity index (χ0n) is 18.7. The van der Waals surface area contributed by atoms with E-state index >= 15 is 0 Å². The van der Waals surface area contributed by atoms with Crippen molar-refractivity contribution in [2.75, 3.05) is 24.4 Å². The van der Waals surface area contributed by atoms with Crippen LogP contribution in [0.3, 0.4) is 0 Å². The van der Waals surface area contributed by atoms with Gasteiger partial charge in [-0.15, -0.1) is 0 Å². The van der Waals surface area contributed by atoms with Crippen molar-refractivity contribution in [3.63, 3.8) is 0 Å². The zero-order valence-corrected chi connectivity index (χ0v) is 19.5. The molecule has 4 N–H and O–H groups in total. The Hall–Kier alpha value is -4.11. The average Bonchev–Trinajstić information content (AvgIpc) is 3.29. The van der Waals surface area contributed by atoms with E-state index in [2.05, 4.69) is 44.4 Å². The van der Waals surface area contributed by atoms with Crippen LogP contribution >= 0.6 is 12.2 Å². The summed E-state index contributed by atoms with van der Waals surface area (Å²) in [4.78, 5) is 0. The number of nitrogens with zero attached hydrogens (tertiary/aromatic N) is 3. The predicted octanol–water partition coefficient (Wildman–Crippen LogP) is 5.17. The maximum absolute atomic E-state index is 9.39. The molecule has 0 aliphatic heterocycles. The summed E-state index contributed by atoms with van der Waals surface area (Å²) >= 11 is 5.16. The number of aromatic nitrogens is 4. The van der Waals surface area contributed by atoms with E-state index in [1.807, 2.05) is 55.6 Å². The van der Waals surface area contributed by atoms with Gasteiger partial charge in [0, 0.05) is 18.4 Å². The fraction of sp³-hybridized carbons (Fsp3) is 0.160. The van der Waals surface area contributed by atoms with Crippen LogP contribution in [0.25, 0.3) is 11.8 Å². The number of phenolic OH excluding ortho intramolecular Hbond substituents is 1. The summed E-state index contributed by atoms with van der Waals surface area (Å²) in [6.07, 6.45) is 5.95. The minimum absolute atomic E-state index is 0.273. The highest BCUT2D eigenvalue weighted by Gasteiger charge is 2.05. The Morgan fingerprint density at radius 3 is 2.74 bits per heavy atom. The lowest BCUT2D eigenvalue weighted by Gasteiger charge is -2.13. The van der Waals surface area contributed by atoms with Crippen LogP contribution in [-0.2, 0) is 6.42 Å². The Kier molecular flexibility index (Phi) is 7.56. The number of hydrogen-bond donors (Lipinski definition) is 4. The van der Waals surface area contributed by atoms with Gasteiger partial charge in [0.05, 0.1) is 5.69 Å². The standard InChI is InChI=1S/C25H26N6O2S/c1-26-24-14-13-23(15-19(24)6-3-2-5-18-9-11-22(32)12-10-18)33-17-27-20-7-4-8-21(16-20)31-25(34)28-29-30-31/h2,4-5,7-16,26-27,32H,3,6,17H2,1H3,(H,28,30,34)/b5-2-. The lowest BCUT2D eigenvalue weighted by atomic mass is 10.1. The number of aromatic amines is 1. The first-order chi connectivity index (χ1) is 16.6. The molecule has 1 heterocycles. The highest BCUT2D eigenvalue weighted by atomic mass is 32.1. The maximum Gasteiger partial charge on any atom is 0.242 e. The fourth-order valence-electron chi connectivity index (χ4n) is 3.48. The van der Waals surface area contributed by atoms with Gasteiger partial charge in [0.2, 0.25) is 4.77 Å². The maximum atomic E-state index is 9.39. The van der Waals surface area contributed by atoms with Crippen molar-refractivity contribution < 1.29 is 9.84 Å². The molecule has 0 bridgehead atoms. The molecule has 0 fully saturated rings. The van der Waals surface area contributed by atoms with Crippen molar-refractivity contribution in [2.45, 2.75) is 12.8 Å². The quantitative estimate of drug-likeness (QED) is 0.186. The van der Waals surface area contributed by atoms with Crippen LogP contribution in [0.15, 0.2) is 72.8 Å². The predicted molar refractivity (Wildman–Crippen MR) is 137 cm³/mol. The monoisotopic (exact) mass is 474 g/mol. The molecular weight excluding hydrogens is 448 g/mol. The minimum Gasteiger partial charge on any atom is -0.508 e. The van der Waals surface area contributed by atoms with Crippen LogP contribution in [0, 0.1) is 4.77 Å². The van der Waals surface area contributed by atoms with Crippen molar-refractivity contribution >= 4 is 29.7 Å². The molecule has 0 aliphatic rings. The lowest BCUT2D eigenvalue weighted by Crippen LogP contribution is -2.10. The molecule has 3 aromatic carbocycles. The molecule has 0 saturated heterocycles. The number of nitrogens with one attached hydrogen (secondary N) is 3. The van der Waals surface area contributed by atoms with Gasteiger partial charge in [0.1, 0.15) is 11.5 Å². The molecule has 4 rings (SSSR count). The first-order valence-corrected chi connectivity index (χ1v) is 11.3. The summed E-state index contributed by atoms with van der Waals surface area (Å²) in [5, 5.41) is 26.2. The number of benzene rings is 3. The number of aryl methyl sites for hydroxylation is 1. The molecule has 9 heteroatoms. The van der Waals surface area contributed by atoms with E-state index in [0.29, 0.717) is 11.5 Å². The van der Waals surface area contributed by atoms with Crippen LogP contribution in [0.1, 0.15) is 17.5 Å². The molecule has 0 spiro atoms. The second kappa shape index (κ2) is 11.2. The average molecular weight is 475 g/mol. The lowest BCUT2D eigenvalue weighted by molar-refractivity contribution is 0.346. The van der Waals surface area contributed by atoms with Crippen molar-refractivity contribution in [3.05, 3.63) is 88.7 Å². The Balaban J connectivity index is 1.34. The normalized spacial score (nSPS) is 11.0. The summed E-state index contributed by atoms with van der Waals surface area (Å²) in [6, 6.07) is 20.9. The third kappa shape index (κ3) is 6.02. The van der Waals surface area contributed by atoms with Crippen LogP contribution in [-0.4, -0.2) is 39.1 Å². The molecule has 4 aromatic rings. The van der Waals surface area contributed by atoms with Crippen LogP contribution < -0.4 is 15.4 Å². The van der Waals surface area contributed by atoms with Gasteiger partial charge in [-0.1, -0.05) is 40.7 Å². The highest BCUT2D eigenvalue weighted by molar-refractivity contribution is 7.71. The van der Waals surface area contributed by atoms with Crippen LogP contribution in [0.4, 0.5) is 11.4 Å². The van der Waals surface area contributed by atoms with E-state index in [0.717, 1.165) is 41.2 Å². The van der Waals surface area contributed by atoms with Gasteiger partial charge in [-0.3, -0.25) is 0 Å². The van der Waals surface area contributed by atoms with Crippen LogP contribution in [0.5, 0.6) is 11.5 Å². The number of rotatable bonds is 10. The second-order valence-corrected chi connectivity index (χ2v) is 7.90. The fourth-order valence-corrected chi connectivity index (χ4v) is 3.66. The SMILES string of the molecule is CNc1ccc(OCNc2cccc(-n3[nH]nnc3=S)c2)cc1CC/C=C\c1ccc(O)cc1. The van der Waals surface area contributed by atoms with E-state index in [4.69, 9.17) is 17.0 Å². The summed E-state index contributed by atoms with van der Waals surface area (Å²) in [5.74, 6) is 1.06. The third-order valence-electron chi connectivity index (χ3n) is 5.22. The summed E-state index contributed by atoms with van der Waals surface area (Å²) in [7, 11) is 1.92. The third-order valence-corrected chi connectivity index (χ3v) is 5.49. The number of H-pyrrole nitrogens is 1. The largest absolute Gasteiger partial charge is 0.508 e. The first kappa shape index (κ1) is 23.1. The number of tetrazole rings is 1. The smallest absolute Gasteiger partial charge is 0.242 e. The second-order valence-electron chi connectivity index (χ2n) is 7.54. The Labute approximate surface area is 202 Å². The topological polar surface area (TPSA) is 100 Å². The number of phenols is 1. The highest BCUT2D eigenvalue weighted by Crippen LogP contribution is 2.24. The van der Waals surface area contributed by atoms with Crippen molar-refractivity contribution in [1.29, 1.82) is 0 Å². The molecule has 174 valence electrons. The molecule has 0 amide bonds. The summed E-state index contributed by atoms with van der Waals surface area (Å²) < 4.78 is 7.94. The number of hydrogen-bond acceptors (Lipinski definition) is 7. The molecular formula is C25H26N6O2S. The van der Waals surface area contributed by atoms with Crippen molar-refractivity contribution in [3.8, 4) is 17.2 Å². The van der Waals surface area contributed by atoms with E-state index < -0.39 is 0 Å². The molecule has 0 aliphatic carbocycles. The number of allylic oxidation sites excluding steroid dienone is 1. The minimum atomic E-state index is 0.273. The van der Waals surface area contributed by atoms with Gasteiger partial charge in [-0.25, -0.2) is 4.68 Å². The van der Waals surface area contributed by atoms with E-state index in [9.17, 15) is 5.11 Å². The number of ether oxygens (including phenoxy) is 1. The number of anilines is 2. The molecule has 0 unspecified atom stereocenters. The zero-order chi connectivity index (χ0) is 23.8. The van der Waals surface area contributed by atoms with Gasteiger partial charge >= 0.3 is 0 Å². The molecule has 0 atom stereocenters. The molecule has 1 aromatic heterocycles. The molecule has 0 saturated carbocycles. The summed E-state index contributed by atoms with van der Waals surface area (Å²) in [5.41, 5.74) is 5.04. The Bertz CT molecular complexity index is 1310. The Morgan fingerprint density at radius 1 is 1.12 bits per heavy atom. The van der Waals surface area contributed by atoms with E-state index in [-0.39, 0.29) is 5.75 Å². The van der Waals surface area contributed by atoms with Gasteiger partial charge in [0.15, 0.2) is 6.73 Å². The number of aromatic hydroxyl groups is 1. The van der Waals surface area contributed by atoms with Gasteiger partial charge in [0.25, 0.3) is 0 Å². The molecule has 34 heavy (non-hydrogen) atoms. The molecule has 0 radical (unpaired) electrons. The van der Waals surface area contributed by atoms with Gasteiger partial charge in [-0.2, -0.15) is 5.21 Å². The molecule has 8 nitrogen and oxygen atoms in total. The van der Waals surface area contributed by atoms with Crippen molar-refractivity contribution in [1.82, 2.24) is 20.2 Å². The first-order valence-electron chi connectivity index (χ1n) is 10.9. The van der Waals surface area contributed by atoms with Crippen molar-refractivity contribution in [2.24, 2.45) is 0 Å². The summed E-state index contributed by atoms with van der Waals surface area (Å²) in [6.45, 7) is 0.315. The van der Waals surface area contributed by atoms with Gasteiger partial charge < -0.3 is 20.5 Å². The van der Waals surface area contributed by atoms with Gasteiger partial charge in [-0.05, 0) is 84.7 Å². The Morgan fingerprint density at radius 2 is 1.97 bits per heavy atom.